The summed E-state index contributed by atoms with van der Waals surface area (Å²) in [6.45, 7) is 7.70. The zero-order valence-electron chi connectivity index (χ0n) is 20.9. The number of rotatable bonds is 7. The van der Waals surface area contributed by atoms with Crippen LogP contribution in [0, 0.1) is 20.8 Å². The normalized spacial score (nSPS) is 14.2. The first kappa shape index (κ1) is 25.0. The molecule has 0 spiro atoms. The van der Waals surface area contributed by atoms with Crippen molar-refractivity contribution in [1.82, 2.24) is 5.32 Å². The van der Waals surface area contributed by atoms with E-state index in [9.17, 15) is 13.2 Å². The van der Waals surface area contributed by atoms with Crippen LogP contribution in [0.2, 0.25) is 0 Å². The molecule has 184 valence electrons. The van der Waals surface area contributed by atoms with E-state index in [-0.39, 0.29) is 16.8 Å². The molecule has 35 heavy (non-hydrogen) atoms. The quantitative estimate of drug-likeness (QED) is 0.416. The molecule has 0 fully saturated rings. The average Bonchev–Trinajstić information content (AvgIpc) is 2.84. The van der Waals surface area contributed by atoms with Crippen molar-refractivity contribution in [3.05, 3.63) is 93.5 Å². The lowest BCUT2D eigenvalue weighted by Gasteiger charge is -2.22. The highest BCUT2D eigenvalue weighted by atomic mass is 32.2. The van der Waals surface area contributed by atoms with Crippen LogP contribution in [-0.2, 0) is 22.9 Å². The van der Waals surface area contributed by atoms with Crippen LogP contribution in [0.5, 0.6) is 0 Å². The minimum absolute atomic E-state index is 0.102. The van der Waals surface area contributed by atoms with Crippen LogP contribution in [0.15, 0.2) is 59.5 Å². The topological polar surface area (TPSA) is 75.3 Å². The fourth-order valence-electron chi connectivity index (χ4n) is 4.68. The lowest BCUT2D eigenvalue weighted by Crippen LogP contribution is -2.28. The molecule has 5 nitrogen and oxygen atoms in total. The Kier molecular flexibility index (Phi) is 7.31. The minimum Gasteiger partial charge on any atom is -0.345 e. The van der Waals surface area contributed by atoms with E-state index in [1.165, 1.54) is 30.0 Å². The van der Waals surface area contributed by atoms with Gasteiger partial charge in [-0.15, -0.1) is 0 Å². The van der Waals surface area contributed by atoms with Gasteiger partial charge in [0.05, 0.1) is 10.9 Å². The van der Waals surface area contributed by atoms with Crippen molar-refractivity contribution >= 4 is 21.6 Å². The average molecular weight is 491 g/mol. The predicted molar refractivity (Wildman–Crippen MR) is 141 cm³/mol. The molecule has 4 rings (SSSR count). The van der Waals surface area contributed by atoms with Gasteiger partial charge in [-0.1, -0.05) is 37.3 Å². The number of carbonyl (C=O) groups excluding carboxylic acids is 1. The Labute approximate surface area is 209 Å². The third-order valence-electron chi connectivity index (χ3n) is 6.99. The Hall–Kier alpha value is -3.12. The maximum atomic E-state index is 13.2. The number of benzene rings is 3. The molecule has 0 bridgehead atoms. The molecule has 0 saturated heterocycles. The van der Waals surface area contributed by atoms with E-state index in [1.807, 2.05) is 32.9 Å². The molecule has 0 heterocycles. The molecular weight excluding hydrogens is 456 g/mol. The predicted octanol–water partition coefficient (Wildman–Crippen LogP) is 6.17. The summed E-state index contributed by atoms with van der Waals surface area (Å²) >= 11 is 0. The second-order valence-electron chi connectivity index (χ2n) is 9.55. The van der Waals surface area contributed by atoms with Crippen LogP contribution < -0.4 is 10.0 Å². The SMILES string of the molecule is CC[C@H](NC(=O)c1ccc(C)c(S(=O)(=O)Nc2ccc(C)c(C)c2)c1)c1ccc2c(c1)CCCC2. The summed E-state index contributed by atoms with van der Waals surface area (Å²) in [7, 11) is -3.86. The summed E-state index contributed by atoms with van der Waals surface area (Å²) in [5, 5.41) is 3.11. The van der Waals surface area contributed by atoms with Crippen molar-refractivity contribution < 1.29 is 13.2 Å². The molecule has 0 radical (unpaired) electrons. The Morgan fingerprint density at radius 1 is 0.857 bits per heavy atom. The first-order valence-corrected chi connectivity index (χ1v) is 13.8. The number of anilines is 1. The maximum Gasteiger partial charge on any atom is 0.262 e. The van der Waals surface area contributed by atoms with Gasteiger partial charge in [0, 0.05) is 11.3 Å². The number of aryl methyl sites for hydroxylation is 5. The maximum absolute atomic E-state index is 13.2. The van der Waals surface area contributed by atoms with Crippen LogP contribution in [0.3, 0.4) is 0 Å². The van der Waals surface area contributed by atoms with Crippen molar-refractivity contribution in [3.63, 3.8) is 0 Å². The van der Waals surface area contributed by atoms with Crippen molar-refractivity contribution in [2.75, 3.05) is 4.72 Å². The first-order valence-electron chi connectivity index (χ1n) is 12.3. The van der Waals surface area contributed by atoms with Gasteiger partial charge in [0.2, 0.25) is 0 Å². The molecule has 0 aliphatic heterocycles. The van der Waals surface area contributed by atoms with E-state index < -0.39 is 10.0 Å². The van der Waals surface area contributed by atoms with Crippen LogP contribution in [0.4, 0.5) is 5.69 Å². The Morgan fingerprint density at radius 2 is 1.57 bits per heavy atom. The lowest BCUT2D eigenvalue weighted by atomic mass is 9.88. The first-order chi connectivity index (χ1) is 16.7. The Morgan fingerprint density at radius 3 is 2.29 bits per heavy atom. The number of amides is 1. The van der Waals surface area contributed by atoms with Gasteiger partial charge in [-0.3, -0.25) is 9.52 Å². The smallest absolute Gasteiger partial charge is 0.262 e. The summed E-state index contributed by atoms with van der Waals surface area (Å²) in [6.07, 6.45) is 5.39. The Balaban J connectivity index is 1.56. The molecule has 0 unspecified atom stereocenters. The van der Waals surface area contributed by atoms with E-state index >= 15 is 0 Å². The van der Waals surface area contributed by atoms with Gasteiger partial charge < -0.3 is 5.32 Å². The van der Waals surface area contributed by atoms with E-state index in [0.717, 1.165) is 36.0 Å². The molecule has 1 aliphatic carbocycles. The van der Waals surface area contributed by atoms with Crippen LogP contribution in [0.1, 0.15) is 76.0 Å². The van der Waals surface area contributed by atoms with Crippen LogP contribution in [0.25, 0.3) is 0 Å². The summed E-state index contributed by atoms with van der Waals surface area (Å²) in [5.41, 5.74) is 7.38. The molecule has 3 aromatic rings. The van der Waals surface area contributed by atoms with Crippen molar-refractivity contribution in [2.24, 2.45) is 0 Å². The third-order valence-corrected chi connectivity index (χ3v) is 8.51. The van der Waals surface area contributed by atoms with Gasteiger partial charge in [0.25, 0.3) is 15.9 Å². The van der Waals surface area contributed by atoms with Crippen molar-refractivity contribution in [1.29, 1.82) is 0 Å². The monoisotopic (exact) mass is 490 g/mol. The van der Waals surface area contributed by atoms with Gasteiger partial charge in [0.1, 0.15) is 0 Å². The minimum atomic E-state index is -3.86. The van der Waals surface area contributed by atoms with Gasteiger partial charge in [-0.25, -0.2) is 8.42 Å². The third kappa shape index (κ3) is 5.59. The lowest BCUT2D eigenvalue weighted by molar-refractivity contribution is 0.0935. The number of fused-ring (bicyclic) bond motifs is 1. The summed E-state index contributed by atoms with van der Waals surface area (Å²) in [4.78, 5) is 13.3. The molecule has 1 amide bonds. The molecular formula is C29H34N2O3S. The fourth-order valence-corrected chi connectivity index (χ4v) is 6.00. The molecule has 1 atom stereocenters. The zero-order valence-corrected chi connectivity index (χ0v) is 21.8. The summed E-state index contributed by atoms with van der Waals surface area (Å²) < 4.78 is 29.0. The van der Waals surface area contributed by atoms with Gasteiger partial charge in [-0.2, -0.15) is 0 Å². The van der Waals surface area contributed by atoms with E-state index in [4.69, 9.17) is 0 Å². The number of hydrogen-bond donors (Lipinski definition) is 2. The summed E-state index contributed by atoms with van der Waals surface area (Å²) in [6, 6.07) is 16.7. The fraction of sp³-hybridized carbons (Fsp3) is 0.345. The van der Waals surface area contributed by atoms with Gasteiger partial charge in [0.15, 0.2) is 0 Å². The van der Waals surface area contributed by atoms with E-state index in [0.29, 0.717) is 16.8 Å². The number of nitrogens with one attached hydrogen (secondary N) is 2. The molecule has 1 aliphatic rings. The second kappa shape index (κ2) is 10.2. The second-order valence-corrected chi connectivity index (χ2v) is 11.2. The molecule has 0 aromatic heterocycles. The highest BCUT2D eigenvalue weighted by Gasteiger charge is 2.22. The van der Waals surface area contributed by atoms with Crippen LogP contribution >= 0.6 is 0 Å². The zero-order chi connectivity index (χ0) is 25.2. The molecule has 6 heteroatoms. The Bertz CT molecular complexity index is 1360. The number of sulfonamides is 1. The summed E-state index contributed by atoms with van der Waals surface area (Å²) in [5.74, 6) is -0.280. The largest absolute Gasteiger partial charge is 0.345 e. The molecule has 3 aromatic carbocycles. The van der Waals surface area contributed by atoms with E-state index in [2.05, 4.69) is 28.2 Å². The van der Waals surface area contributed by atoms with Crippen LogP contribution in [-0.4, -0.2) is 14.3 Å². The van der Waals surface area contributed by atoms with E-state index in [1.54, 1.807) is 25.1 Å². The van der Waals surface area contributed by atoms with Gasteiger partial charge in [-0.05, 0) is 111 Å². The van der Waals surface area contributed by atoms with Crippen molar-refractivity contribution in [3.8, 4) is 0 Å². The molecule has 2 N–H and O–H groups in total. The van der Waals surface area contributed by atoms with Gasteiger partial charge >= 0.3 is 0 Å². The standard InChI is InChI=1S/C29H34N2O3S/c1-5-27(24-14-13-22-8-6-7-9-23(22)17-24)30-29(32)25-12-10-20(3)28(18-25)35(33,34)31-26-15-11-19(2)21(4)16-26/h10-18,27,31H,5-9H2,1-4H3,(H,30,32)/t27-/m0/s1. The molecule has 0 saturated carbocycles. The van der Waals surface area contributed by atoms with Crippen molar-refractivity contribution in [2.45, 2.75) is 70.7 Å². The highest BCUT2D eigenvalue weighted by Crippen LogP contribution is 2.27. The number of carbonyl (C=O) groups is 1. The number of hydrogen-bond acceptors (Lipinski definition) is 3. The highest BCUT2D eigenvalue weighted by molar-refractivity contribution is 7.92.